The van der Waals surface area contributed by atoms with Gasteiger partial charge in [-0.15, -0.1) is 11.3 Å². The molecule has 0 saturated carbocycles. The van der Waals surface area contributed by atoms with Crippen LogP contribution in [-0.4, -0.2) is 11.1 Å². The Labute approximate surface area is 130 Å². The summed E-state index contributed by atoms with van der Waals surface area (Å²) in [6, 6.07) is 12.2. The molecule has 1 aromatic carbocycles. The van der Waals surface area contributed by atoms with Crippen LogP contribution < -0.4 is 5.32 Å². The van der Waals surface area contributed by atoms with Crippen LogP contribution in [0.3, 0.4) is 0 Å². The minimum absolute atomic E-state index is 0.102. The Morgan fingerprint density at radius 3 is 2.70 bits per heavy atom. The fourth-order valence-electron chi connectivity index (χ4n) is 1.95. The Morgan fingerprint density at radius 2 is 2.00 bits per heavy atom. The van der Waals surface area contributed by atoms with E-state index >= 15 is 0 Å². The lowest BCUT2D eigenvalue weighted by atomic mass is 10.1. The number of benzene rings is 1. The molecule has 0 aliphatic carbocycles. The van der Waals surface area contributed by atoms with Gasteiger partial charge in [0.25, 0.3) is 0 Å². The number of carboxylic acid groups (broad SMARTS) is 1. The molecule has 0 radical (unpaired) electrons. The topological polar surface area (TPSA) is 49.3 Å². The van der Waals surface area contributed by atoms with Crippen LogP contribution in [0.4, 0.5) is 0 Å². The molecule has 0 amide bonds. The smallest absolute Gasteiger partial charge is 0.308 e. The van der Waals surface area contributed by atoms with Crippen molar-refractivity contribution in [3.8, 4) is 0 Å². The van der Waals surface area contributed by atoms with Crippen molar-refractivity contribution in [3.05, 3.63) is 56.2 Å². The highest BCUT2D eigenvalue weighted by Crippen LogP contribution is 2.24. The Morgan fingerprint density at radius 1 is 1.30 bits per heavy atom. The lowest BCUT2D eigenvalue weighted by Gasteiger charge is -2.15. The number of carboxylic acids is 1. The van der Waals surface area contributed by atoms with Crippen molar-refractivity contribution in [1.82, 2.24) is 5.32 Å². The third kappa shape index (κ3) is 4.16. The van der Waals surface area contributed by atoms with E-state index in [1.807, 2.05) is 30.3 Å². The number of carbonyl (C=O) groups is 1. The first-order valence-corrected chi connectivity index (χ1v) is 7.94. The van der Waals surface area contributed by atoms with Crippen molar-refractivity contribution in [3.63, 3.8) is 0 Å². The van der Waals surface area contributed by atoms with Crippen molar-refractivity contribution in [2.24, 2.45) is 0 Å². The summed E-state index contributed by atoms with van der Waals surface area (Å²) in [6.45, 7) is 2.86. The molecular weight excluding hydrogens is 338 g/mol. The van der Waals surface area contributed by atoms with Gasteiger partial charge in [-0.25, -0.2) is 0 Å². The molecule has 1 aromatic heterocycles. The van der Waals surface area contributed by atoms with Crippen molar-refractivity contribution in [1.29, 1.82) is 0 Å². The quantitative estimate of drug-likeness (QED) is 0.825. The van der Waals surface area contributed by atoms with Gasteiger partial charge in [-0.05, 0) is 30.7 Å². The molecule has 1 unspecified atom stereocenters. The zero-order valence-corrected chi connectivity index (χ0v) is 13.5. The second-order valence-corrected chi connectivity index (χ2v) is 6.67. The largest absolute Gasteiger partial charge is 0.481 e. The van der Waals surface area contributed by atoms with Crippen LogP contribution >= 0.6 is 27.3 Å². The van der Waals surface area contributed by atoms with Gasteiger partial charge < -0.3 is 10.4 Å². The Bertz CT molecular complexity index is 597. The van der Waals surface area contributed by atoms with Crippen LogP contribution in [-0.2, 0) is 17.8 Å². The Balaban J connectivity index is 1.93. The van der Waals surface area contributed by atoms with Gasteiger partial charge in [0.15, 0.2) is 0 Å². The van der Waals surface area contributed by atoms with E-state index in [1.54, 1.807) is 11.3 Å². The molecule has 20 heavy (non-hydrogen) atoms. The Kier molecular flexibility index (Phi) is 5.34. The van der Waals surface area contributed by atoms with Gasteiger partial charge in [-0.2, -0.15) is 0 Å². The van der Waals surface area contributed by atoms with E-state index in [0.717, 1.165) is 20.8 Å². The van der Waals surface area contributed by atoms with E-state index in [1.165, 1.54) is 5.56 Å². The van der Waals surface area contributed by atoms with E-state index in [9.17, 15) is 4.79 Å². The maximum absolute atomic E-state index is 10.7. The summed E-state index contributed by atoms with van der Waals surface area (Å²) in [6.07, 6.45) is 0.102. The number of hydrogen-bond acceptors (Lipinski definition) is 3. The van der Waals surface area contributed by atoms with Crippen molar-refractivity contribution < 1.29 is 9.90 Å². The first-order chi connectivity index (χ1) is 9.56. The third-order valence-electron chi connectivity index (χ3n) is 3.00. The fraction of sp³-hybridized carbons (Fsp3) is 0.267. The molecule has 2 rings (SSSR count). The van der Waals surface area contributed by atoms with Gasteiger partial charge in [-0.3, -0.25) is 4.79 Å². The Hall–Kier alpha value is -1.17. The molecule has 0 aliphatic rings. The number of nitrogens with one attached hydrogen (secondary N) is 1. The summed E-state index contributed by atoms with van der Waals surface area (Å²) in [4.78, 5) is 12.7. The molecular formula is C15H16BrNO2S. The molecule has 5 heteroatoms. The predicted molar refractivity (Wildman–Crippen MR) is 85.1 cm³/mol. The molecule has 0 spiro atoms. The van der Waals surface area contributed by atoms with Crippen molar-refractivity contribution in [2.45, 2.75) is 25.9 Å². The van der Waals surface area contributed by atoms with E-state index < -0.39 is 5.97 Å². The third-order valence-corrected chi connectivity index (χ3v) is 4.80. The number of thiophene rings is 1. The molecule has 2 N–H and O–H groups in total. The van der Waals surface area contributed by atoms with Crippen LogP contribution in [0.5, 0.6) is 0 Å². The number of aliphatic carboxylic acids is 1. The number of halogens is 1. The number of rotatable bonds is 6. The summed E-state index contributed by atoms with van der Waals surface area (Å²) in [5.41, 5.74) is 1.22. The first kappa shape index (κ1) is 15.2. The van der Waals surface area contributed by atoms with E-state index in [0.29, 0.717) is 0 Å². The molecule has 1 atom stereocenters. The summed E-state index contributed by atoms with van der Waals surface area (Å²) < 4.78 is 1.10. The average Bonchev–Trinajstić information content (AvgIpc) is 2.83. The predicted octanol–water partition coefficient (Wildman–Crippen LogP) is 3.99. The fourth-order valence-corrected chi connectivity index (χ4v) is 3.54. The van der Waals surface area contributed by atoms with Gasteiger partial charge in [0, 0.05) is 26.8 Å². The van der Waals surface area contributed by atoms with E-state index in [-0.39, 0.29) is 12.5 Å². The lowest BCUT2D eigenvalue weighted by molar-refractivity contribution is -0.136. The van der Waals surface area contributed by atoms with Gasteiger partial charge >= 0.3 is 5.97 Å². The second-order valence-electron chi connectivity index (χ2n) is 4.56. The molecule has 2 aromatic rings. The second kappa shape index (κ2) is 7.02. The zero-order valence-electron chi connectivity index (χ0n) is 11.1. The number of hydrogen-bond donors (Lipinski definition) is 2. The van der Waals surface area contributed by atoms with Crippen LogP contribution in [0.1, 0.15) is 28.3 Å². The minimum atomic E-state index is -0.784. The first-order valence-electron chi connectivity index (χ1n) is 6.33. The van der Waals surface area contributed by atoms with E-state index in [4.69, 9.17) is 5.11 Å². The molecule has 0 bridgehead atoms. The summed E-state index contributed by atoms with van der Waals surface area (Å²) in [7, 11) is 0. The summed E-state index contributed by atoms with van der Waals surface area (Å²) in [5.74, 6) is -0.784. The highest BCUT2D eigenvalue weighted by atomic mass is 79.9. The molecule has 0 aliphatic heterocycles. The van der Waals surface area contributed by atoms with Crippen LogP contribution in [0.25, 0.3) is 0 Å². The van der Waals surface area contributed by atoms with E-state index in [2.05, 4.69) is 34.2 Å². The molecule has 106 valence electrons. The summed E-state index contributed by atoms with van der Waals surface area (Å²) >= 11 is 5.10. The molecule has 3 nitrogen and oxygen atoms in total. The maximum atomic E-state index is 10.7. The highest BCUT2D eigenvalue weighted by Gasteiger charge is 2.09. The van der Waals surface area contributed by atoms with Gasteiger partial charge in [0.1, 0.15) is 0 Å². The van der Waals surface area contributed by atoms with Crippen LogP contribution in [0.2, 0.25) is 0 Å². The SMILES string of the molecule is CC(NCc1ccc(CC(=O)O)s1)c1ccccc1Br. The van der Waals surface area contributed by atoms with Gasteiger partial charge in [0.2, 0.25) is 0 Å². The zero-order chi connectivity index (χ0) is 14.5. The summed E-state index contributed by atoms with van der Waals surface area (Å²) in [5, 5.41) is 12.2. The standard InChI is InChI=1S/C15H16BrNO2S/c1-10(13-4-2-3-5-14(13)16)17-9-12-7-6-11(20-12)8-15(18)19/h2-7,10,17H,8-9H2,1H3,(H,18,19). The van der Waals surface area contributed by atoms with Crippen LogP contribution in [0.15, 0.2) is 40.9 Å². The van der Waals surface area contributed by atoms with Crippen LogP contribution in [0, 0.1) is 0 Å². The monoisotopic (exact) mass is 353 g/mol. The highest BCUT2D eigenvalue weighted by molar-refractivity contribution is 9.10. The van der Waals surface area contributed by atoms with Crippen molar-refractivity contribution in [2.75, 3.05) is 0 Å². The maximum Gasteiger partial charge on any atom is 0.308 e. The lowest BCUT2D eigenvalue weighted by Crippen LogP contribution is -2.17. The molecule has 1 heterocycles. The van der Waals surface area contributed by atoms with Gasteiger partial charge in [0.05, 0.1) is 6.42 Å². The average molecular weight is 354 g/mol. The van der Waals surface area contributed by atoms with Gasteiger partial charge in [-0.1, -0.05) is 34.1 Å². The normalized spacial score (nSPS) is 12.3. The molecule has 0 fully saturated rings. The minimum Gasteiger partial charge on any atom is -0.481 e. The van der Waals surface area contributed by atoms with Crippen molar-refractivity contribution >= 4 is 33.2 Å². The molecule has 0 saturated heterocycles.